The van der Waals surface area contributed by atoms with Gasteiger partial charge < -0.3 is 19.8 Å². The lowest BCUT2D eigenvalue weighted by Crippen LogP contribution is -2.72. The lowest BCUT2D eigenvalue weighted by atomic mass is 9.46. The van der Waals surface area contributed by atoms with Crippen molar-refractivity contribution >= 4 is 5.96 Å². The number of hydrogen-bond donors (Lipinski definition) is 2. The molecular weight excluding hydrogens is 364 g/mol. The van der Waals surface area contributed by atoms with Crippen LogP contribution in [-0.2, 0) is 11.3 Å². The molecule has 0 amide bonds. The van der Waals surface area contributed by atoms with Crippen molar-refractivity contribution < 1.29 is 9.15 Å². The Bertz CT molecular complexity index is 885. The van der Waals surface area contributed by atoms with Gasteiger partial charge in [-0.3, -0.25) is 0 Å². The number of nitrogens with one attached hydrogen (secondary N) is 2. The van der Waals surface area contributed by atoms with Crippen molar-refractivity contribution in [3.05, 3.63) is 41.8 Å². The number of aryl methyl sites for hydroxylation is 1. The van der Waals surface area contributed by atoms with Gasteiger partial charge in [0.15, 0.2) is 5.96 Å². The van der Waals surface area contributed by atoms with Crippen molar-refractivity contribution in [3.8, 4) is 11.5 Å². The molecule has 3 unspecified atom stereocenters. The third-order valence-electron chi connectivity index (χ3n) is 6.92. The van der Waals surface area contributed by atoms with E-state index in [0.717, 1.165) is 36.8 Å². The van der Waals surface area contributed by atoms with Crippen molar-refractivity contribution in [1.29, 1.82) is 0 Å². The summed E-state index contributed by atoms with van der Waals surface area (Å²) in [6, 6.07) is 8.68. The molecule has 2 aromatic rings. The second-order valence-electron chi connectivity index (χ2n) is 8.66. The highest BCUT2D eigenvalue weighted by atomic mass is 16.5. The number of rotatable bonds is 5. The molecule has 2 saturated carbocycles. The molecule has 1 aromatic heterocycles. The summed E-state index contributed by atoms with van der Waals surface area (Å²) in [6.45, 7) is 6.41. The fraction of sp³-hybridized carbons (Fsp3) is 0.565. The molecule has 3 atom stereocenters. The predicted octanol–water partition coefficient (Wildman–Crippen LogP) is 3.66. The minimum atomic E-state index is 0.337. The van der Waals surface area contributed by atoms with E-state index in [1.807, 2.05) is 12.1 Å². The summed E-state index contributed by atoms with van der Waals surface area (Å²) < 4.78 is 11.7. The molecule has 1 saturated heterocycles. The van der Waals surface area contributed by atoms with Gasteiger partial charge in [0.1, 0.15) is 12.0 Å². The first-order valence-electron chi connectivity index (χ1n) is 10.9. The summed E-state index contributed by atoms with van der Waals surface area (Å²) in [5.74, 6) is 2.14. The summed E-state index contributed by atoms with van der Waals surface area (Å²) in [5, 5.41) is 7.14. The van der Waals surface area contributed by atoms with Crippen LogP contribution in [0.3, 0.4) is 0 Å². The number of aliphatic imine (C=N–C) groups is 1. The number of benzene rings is 1. The van der Waals surface area contributed by atoms with Crippen LogP contribution in [0.25, 0.3) is 11.5 Å². The smallest absolute Gasteiger partial charge is 0.226 e. The van der Waals surface area contributed by atoms with Gasteiger partial charge in [0.25, 0.3) is 0 Å². The third kappa shape index (κ3) is 3.23. The first-order valence-corrected chi connectivity index (χ1v) is 10.9. The van der Waals surface area contributed by atoms with E-state index in [0.29, 0.717) is 35.9 Å². The number of nitrogens with zero attached hydrogens (tertiary/aromatic N) is 2. The van der Waals surface area contributed by atoms with Gasteiger partial charge in [-0.2, -0.15) is 0 Å². The highest BCUT2D eigenvalue weighted by Crippen LogP contribution is 2.62. The van der Waals surface area contributed by atoms with Crippen molar-refractivity contribution in [1.82, 2.24) is 15.6 Å². The lowest BCUT2D eigenvalue weighted by molar-refractivity contribution is -0.171. The van der Waals surface area contributed by atoms with Crippen LogP contribution in [0.15, 0.2) is 39.9 Å². The highest BCUT2D eigenvalue weighted by molar-refractivity contribution is 5.80. The summed E-state index contributed by atoms with van der Waals surface area (Å²) in [5.41, 5.74) is 3.39. The summed E-state index contributed by atoms with van der Waals surface area (Å²) in [4.78, 5) is 9.41. The van der Waals surface area contributed by atoms with Gasteiger partial charge in [-0.05, 0) is 45.2 Å². The van der Waals surface area contributed by atoms with Crippen LogP contribution in [0.4, 0.5) is 0 Å². The topological polar surface area (TPSA) is 71.7 Å². The normalized spacial score (nSPS) is 27.2. The van der Waals surface area contributed by atoms with Crippen LogP contribution in [0.1, 0.15) is 43.9 Å². The summed E-state index contributed by atoms with van der Waals surface area (Å²) >= 11 is 0. The minimum Gasteiger partial charge on any atom is -0.444 e. The second-order valence-corrected chi connectivity index (χ2v) is 8.66. The molecule has 2 aliphatic carbocycles. The van der Waals surface area contributed by atoms with Gasteiger partial charge in [-0.1, -0.05) is 24.1 Å². The number of ether oxygens (including phenoxy) is 1. The van der Waals surface area contributed by atoms with Crippen molar-refractivity contribution in [3.63, 3.8) is 0 Å². The van der Waals surface area contributed by atoms with E-state index in [-0.39, 0.29) is 0 Å². The van der Waals surface area contributed by atoms with Crippen LogP contribution in [0.5, 0.6) is 0 Å². The van der Waals surface area contributed by atoms with Crippen LogP contribution in [0, 0.1) is 18.3 Å². The van der Waals surface area contributed by atoms with Crippen molar-refractivity contribution in [2.45, 2.75) is 58.2 Å². The van der Waals surface area contributed by atoms with E-state index >= 15 is 0 Å². The molecule has 2 N–H and O–H groups in total. The van der Waals surface area contributed by atoms with E-state index in [1.54, 1.807) is 6.26 Å². The minimum absolute atomic E-state index is 0.337. The Morgan fingerprint density at radius 2 is 2.10 bits per heavy atom. The molecule has 0 bridgehead atoms. The van der Waals surface area contributed by atoms with Gasteiger partial charge in [-0.15, -0.1) is 0 Å². The first-order chi connectivity index (χ1) is 14.2. The van der Waals surface area contributed by atoms with E-state index in [2.05, 4.69) is 41.6 Å². The second kappa shape index (κ2) is 7.48. The van der Waals surface area contributed by atoms with Crippen LogP contribution < -0.4 is 10.6 Å². The third-order valence-corrected chi connectivity index (χ3v) is 6.92. The molecule has 3 fully saturated rings. The Labute approximate surface area is 172 Å². The number of aromatic nitrogens is 1. The zero-order valence-corrected chi connectivity index (χ0v) is 17.3. The predicted molar refractivity (Wildman–Crippen MR) is 113 cm³/mol. The number of oxazole rings is 1. The van der Waals surface area contributed by atoms with Crippen LogP contribution in [0.2, 0.25) is 0 Å². The van der Waals surface area contributed by atoms with E-state index in [9.17, 15) is 0 Å². The standard InChI is InChI=1S/C23H30N4O2/c1-3-24-22(27-19-18-9-12-28-20(18)23(19)10-4-11-23)25-13-17-14-29-21(26-17)16-7-5-15(2)6-8-16/h5-8,14,18-20H,3-4,9-13H2,1-2H3,(H2,24,25,27). The zero-order chi connectivity index (χ0) is 19.8. The Morgan fingerprint density at radius 3 is 2.83 bits per heavy atom. The Kier molecular flexibility index (Phi) is 4.82. The van der Waals surface area contributed by atoms with E-state index in [1.165, 1.54) is 24.8 Å². The van der Waals surface area contributed by atoms with Gasteiger partial charge in [0, 0.05) is 36.1 Å². The largest absolute Gasteiger partial charge is 0.444 e. The van der Waals surface area contributed by atoms with Crippen molar-refractivity contribution in [2.24, 2.45) is 16.3 Å². The monoisotopic (exact) mass is 394 g/mol. The van der Waals surface area contributed by atoms with Crippen LogP contribution in [-0.4, -0.2) is 36.2 Å². The molecule has 0 radical (unpaired) electrons. The van der Waals surface area contributed by atoms with Gasteiger partial charge in [0.2, 0.25) is 5.89 Å². The number of hydrogen-bond acceptors (Lipinski definition) is 4. The molecule has 1 aliphatic heterocycles. The molecule has 3 aliphatic rings. The molecule has 2 heterocycles. The molecule has 29 heavy (non-hydrogen) atoms. The maximum atomic E-state index is 6.04. The molecule has 6 heteroatoms. The summed E-state index contributed by atoms with van der Waals surface area (Å²) in [7, 11) is 0. The van der Waals surface area contributed by atoms with Crippen LogP contribution >= 0.6 is 0 Å². The molecule has 1 spiro atoms. The molecule has 6 nitrogen and oxygen atoms in total. The summed E-state index contributed by atoms with van der Waals surface area (Å²) in [6.07, 6.45) is 7.19. The fourth-order valence-electron chi connectivity index (χ4n) is 5.29. The maximum absolute atomic E-state index is 6.04. The highest BCUT2D eigenvalue weighted by Gasteiger charge is 2.66. The maximum Gasteiger partial charge on any atom is 0.226 e. The lowest BCUT2D eigenvalue weighted by Gasteiger charge is -2.63. The molecule has 1 aromatic carbocycles. The fourth-order valence-corrected chi connectivity index (χ4v) is 5.29. The molecule has 5 rings (SSSR count). The quantitative estimate of drug-likeness (QED) is 0.598. The number of fused-ring (bicyclic) bond motifs is 2. The zero-order valence-electron chi connectivity index (χ0n) is 17.3. The van der Waals surface area contributed by atoms with Gasteiger partial charge in [0.05, 0.1) is 12.6 Å². The van der Waals surface area contributed by atoms with E-state index in [4.69, 9.17) is 14.1 Å². The Hall–Kier alpha value is -2.34. The van der Waals surface area contributed by atoms with Gasteiger partial charge >= 0.3 is 0 Å². The SMILES string of the molecule is CCNC(=NCc1coc(-c2ccc(C)cc2)n1)NC1C2CCOC2C12CCC2. The van der Waals surface area contributed by atoms with Crippen molar-refractivity contribution in [2.75, 3.05) is 13.2 Å². The average molecular weight is 395 g/mol. The number of guanidine groups is 1. The van der Waals surface area contributed by atoms with E-state index < -0.39 is 0 Å². The Balaban J connectivity index is 1.27. The first kappa shape index (κ1) is 18.7. The Morgan fingerprint density at radius 1 is 1.28 bits per heavy atom. The van der Waals surface area contributed by atoms with Gasteiger partial charge in [-0.25, -0.2) is 9.98 Å². The average Bonchev–Trinajstić information content (AvgIpc) is 3.32. The molecular formula is C23H30N4O2. The molecule has 154 valence electrons.